The van der Waals surface area contributed by atoms with Crippen molar-refractivity contribution in [2.75, 3.05) is 4.90 Å². The number of halogens is 1. The van der Waals surface area contributed by atoms with E-state index in [0.717, 1.165) is 38.9 Å². The molecule has 9 rings (SSSR count). The number of benzene rings is 7. The van der Waals surface area contributed by atoms with Crippen molar-refractivity contribution < 1.29 is 0 Å². The third-order valence-corrected chi connectivity index (χ3v) is 10.1. The third kappa shape index (κ3) is 3.97. The van der Waals surface area contributed by atoms with Crippen LogP contribution in [-0.2, 0) is 5.41 Å². The van der Waals surface area contributed by atoms with Crippen molar-refractivity contribution in [1.82, 2.24) is 4.57 Å². The van der Waals surface area contributed by atoms with Crippen molar-refractivity contribution in [3.05, 3.63) is 168 Å². The third-order valence-electron chi connectivity index (χ3n) is 9.80. The fourth-order valence-electron chi connectivity index (χ4n) is 7.60. The van der Waals surface area contributed by atoms with Crippen LogP contribution >= 0.6 is 11.6 Å². The molecule has 8 aromatic rings. The normalized spacial score (nSPS) is 13.3. The van der Waals surface area contributed by atoms with Crippen LogP contribution in [-0.4, -0.2) is 4.57 Å². The van der Waals surface area contributed by atoms with Gasteiger partial charge in [0.15, 0.2) is 0 Å². The SMILES string of the molecule is CC1(C)c2ccccc2-c2c(Cl)cc(N(c3ccc4ccccc4c3)c3ccc4c5ccccc5n(-c5ccccc5)c4c3)cc21. The molecule has 0 N–H and O–H groups in total. The molecular formula is C43H31ClN2. The Morgan fingerprint density at radius 3 is 2.07 bits per heavy atom. The van der Waals surface area contributed by atoms with E-state index in [-0.39, 0.29) is 5.41 Å². The molecule has 220 valence electrons. The molecule has 1 aliphatic carbocycles. The number of nitrogens with zero attached hydrogens (tertiary/aromatic N) is 2. The van der Waals surface area contributed by atoms with Gasteiger partial charge in [-0.15, -0.1) is 0 Å². The van der Waals surface area contributed by atoms with Crippen molar-refractivity contribution in [3.63, 3.8) is 0 Å². The zero-order valence-corrected chi connectivity index (χ0v) is 26.5. The quantitative estimate of drug-likeness (QED) is 0.192. The van der Waals surface area contributed by atoms with Crippen molar-refractivity contribution in [2.45, 2.75) is 19.3 Å². The zero-order valence-electron chi connectivity index (χ0n) is 25.7. The summed E-state index contributed by atoms with van der Waals surface area (Å²) in [4.78, 5) is 2.37. The molecule has 0 amide bonds. The molecule has 0 saturated heterocycles. The van der Waals surface area contributed by atoms with Crippen LogP contribution in [0.1, 0.15) is 25.0 Å². The first-order chi connectivity index (χ1) is 22.5. The van der Waals surface area contributed by atoms with Gasteiger partial charge < -0.3 is 9.47 Å². The molecule has 1 aromatic heterocycles. The van der Waals surface area contributed by atoms with E-state index >= 15 is 0 Å². The van der Waals surface area contributed by atoms with Crippen LogP contribution < -0.4 is 4.90 Å². The van der Waals surface area contributed by atoms with E-state index in [1.165, 1.54) is 43.8 Å². The number of anilines is 3. The Balaban J connectivity index is 1.32. The predicted molar refractivity (Wildman–Crippen MR) is 196 cm³/mol. The Morgan fingerprint density at radius 2 is 1.20 bits per heavy atom. The van der Waals surface area contributed by atoms with E-state index in [1.807, 2.05) is 0 Å². The first kappa shape index (κ1) is 27.0. The lowest BCUT2D eigenvalue weighted by atomic mass is 9.82. The number of aromatic nitrogens is 1. The molecule has 2 nitrogen and oxygen atoms in total. The summed E-state index contributed by atoms with van der Waals surface area (Å²) in [6.45, 7) is 4.62. The summed E-state index contributed by atoms with van der Waals surface area (Å²) in [6, 6.07) is 54.6. The maximum absolute atomic E-state index is 7.27. The van der Waals surface area contributed by atoms with Gasteiger partial charge in [-0.1, -0.05) is 123 Å². The molecule has 0 aliphatic heterocycles. The van der Waals surface area contributed by atoms with Gasteiger partial charge in [0, 0.05) is 44.5 Å². The largest absolute Gasteiger partial charge is 0.310 e. The van der Waals surface area contributed by atoms with E-state index in [9.17, 15) is 0 Å². The minimum absolute atomic E-state index is 0.176. The van der Waals surface area contributed by atoms with Gasteiger partial charge in [0.1, 0.15) is 0 Å². The van der Waals surface area contributed by atoms with E-state index in [4.69, 9.17) is 11.6 Å². The van der Waals surface area contributed by atoms with Crippen molar-refractivity contribution in [1.29, 1.82) is 0 Å². The van der Waals surface area contributed by atoms with Crippen LogP contribution in [0, 0.1) is 0 Å². The van der Waals surface area contributed by atoms with E-state index < -0.39 is 0 Å². The van der Waals surface area contributed by atoms with Gasteiger partial charge in [0.2, 0.25) is 0 Å². The summed E-state index contributed by atoms with van der Waals surface area (Å²) in [5, 5.41) is 5.66. The van der Waals surface area contributed by atoms with Crippen molar-refractivity contribution in [3.8, 4) is 16.8 Å². The van der Waals surface area contributed by atoms with E-state index in [2.05, 4.69) is 175 Å². The fourth-order valence-corrected chi connectivity index (χ4v) is 7.91. The molecule has 0 bridgehead atoms. The minimum atomic E-state index is -0.176. The highest BCUT2D eigenvalue weighted by atomic mass is 35.5. The van der Waals surface area contributed by atoms with Gasteiger partial charge >= 0.3 is 0 Å². The lowest BCUT2D eigenvalue weighted by Gasteiger charge is -2.29. The van der Waals surface area contributed by atoms with Gasteiger partial charge in [0.25, 0.3) is 0 Å². The lowest BCUT2D eigenvalue weighted by molar-refractivity contribution is 0.660. The van der Waals surface area contributed by atoms with Gasteiger partial charge in [-0.25, -0.2) is 0 Å². The summed E-state index contributed by atoms with van der Waals surface area (Å²) in [7, 11) is 0. The Bertz CT molecular complexity index is 2470. The van der Waals surface area contributed by atoms with Crippen LogP contribution in [0.2, 0.25) is 5.02 Å². The molecule has 1 aliphatic rings. The molecule has 7 aromatic carbocycles. The second-order valence-corrected chi connectivity index (χ2v) is 13.2. The molecule has 0 unspecified atom stereocenters. The average molecular weight is 611 g/mol. The van der Waals surface area contributed by atoms with Gasteiger partial charge in [-0.3, -0.25) is 0 Å². The lowest BCUT2D eigenvalue weighted by Crippen LogP contribution is -2.16. The monoisotopic (exact) mass is 610 g/mol. The summed E-state index contributed by atoms with van der Waals surface area (Å²) in [6.07, 6.45) is 0. The standard InChI is InChI=1S/C43H31ClN2/c1-43(2)37-18-10-8-17-36(37)42-38(43)25-33(26-39(42)44)45(31-21-20-28-12-6-7-13-29(28)24-31)32-22-23-35-34-16-9-11-19-40(34)46(41(35)27-32)30-14-4-3-5-15-30/h3-27H,1-2H3. The first-order valence-electron chi connectivity index (χ1n) is 15.8. The highest BCUT2D eigenvalue weighted by molar-refractivity contribution is 6.34. The maximum atomic E-state index is 7.27. The molecular weight excluding hydrogens is 580 g/mol. The summed E-state index contributed by atoms with van der Waals surface area (Å²) in [5.74, 6) is 0. The highest BCUT2D eigenvalue weighted by Crippen LogP contribution is 2.53. The second-order valence-electron chi connectivity index (χ2n) is 12.8. The van der Waals surface area contributed by atoms with Crippen molar-refractivity contribution in [2.24, 2.45) is 0 Å². The van der Waals surface area contributed by atoms with Crippen LogP contribution in [0.5, 0.6) is 0 Å². The maximum Gasteiger partial charge on any atom is 0.0561 e. The molecule has 0 atom stereocenters. The Kier molecular flexibility index (Phi) is 5.94. The smallest absolute Gasteiger partial charge is 0.0561 e. The highest BCUT2D eigenvalue weighted by Gasteiger charge is 2.37. The van der Waals surface area contributed by atoms with Gasteiger partial charge in [0.05, 0.1) is 16.1 Å². The topological polar surface area (TPSA) is 8.17 Å². The van der Waals surface area contributed by atoms with Crippen LogP contribution in [0.4, 0.5) is 17.1 Å². The number of rotatable bonds is 4. The molecule has 46 heavy (non-hydrogen) atoms. The number of hydrogen-bond acceptors (Lipinski definition) is 1. The number of fused-ring (bicyclic) bond motifs is 7. The average Bonchev–Trinajstić information content (AvgIpc) is 3.54. The summed E-state index contributed by atoms with van der Waals surface area (Å²) < 4.78 is 2.38. The minimum Gasteiger partial charge on any atom is -0.310 e. The van der Waals surface area contributed by atoms with Gasteiger partial charge in [-0.05, 0) is 82.1 Å². The Hall–Kier alpha value is -5.31. The Morgan fingerprint density at radius 1 is 0.522 bits per heavy atom. The van der Waals surface area contributed by atoms with Crippen LogP contribution in [0.3, 0.4) is 0 Å². The molecule has 0 spiro atoms. The number of para-hydroxylation sites is 2. The molecule has 0 radical (unpaired) electrons. The predicted octanol–water partition coefficient (Wildman–Crippen LogP) is 12.4. The second kappa shape index (κ2) is 10.1. The zero-order chi connectivity index (χ0) is 31.0. The van der Waals surface area contributed by atoms with Crippen LogP contribution in [0.15, 0.2) is 152 Å². The van der Waals surface area contributed by atoms with E-state index in [0.29, 0.717) is 0 Å². The van der Waals surface area contributed by atoms with Crippen LogP contribution in [0.25, 0.3) is 49.4 Å². The molecule has 0 fully saturated rings. The Labute approximate surface area is 273 Å². The van der Waals surface area contributed by atoms with Gasteiger partial charge in [-0.2, -0.15) is 0 Å². The summed E-state index contributed by atoms with van der Waals surface area (Å²) >= 11 is 7.27. The van der Waals surface area contributed by atoms with E-state index in [1.54, 1.807) is 0 Å². The fraction of sp³-hybridized carbons (Fsp3) is 0.0698. The molecule has 0 saturated carbocycles. The number of hydrogen-bond donors (Lipinski definition) is 0. The molecule has 3 heteroatoms. The summed E-state index contributed by atoms with van der Waals surface area (Å²) in [5.41, 5.74) is 11.5. The molecule has 1 heterocycles. The van der Waals surface area contributed by atoms with Crippen molar-refractivity contribution >= 4 is 61.2 Å². The first-order valence-corrected chi connectivity index (χ1v) is 16.2.